The minimum atomic E-state index is -4.29. The van der Waals surface area contributed by atoms with Gasteiger partial charge in [-0.15, -0.1) is 12.4 Å². The van der Waals surface area contributed by atoms with Crippen molar-refractivity contribution >= 4 is 12.4 Å². The molecule has 6 heteroatoms. The molecule has 0 spiro atoms. The van der Waals surface area contributed by atoms with Crippen molar-refractivity contribution in [3.05, 3.63) is 0 Å². The van der Waals surface area contributed by atoms with E-state index < -0.39 is 18.1 Å². The molecule has 1 aliphatic rings. The van der Waals surface area contributed by atoms with E-state index in [9.17, 15) is 13.2 Å². The van der Waals surface area contributed by atoms with E-state index in [1.807, 2.05) is 0 Å². The molecule has 0 bridgehead atoms. The molecule has 2 N–H and O–H groups in total. The number of alkyl halides is 3. The minimum absolute atomic E-state index is 0. The second-order valence-electron chi connectivity index (χ2n) is 3.04. The van der Waals surface area contributed by atoms with Gasteiger partial charge >= 0.3 is 6.18 Å². The highest BCUT2D eigenvalue weighted by molar-refractivity contribution is 5.85. The summed E-state index contributed by atoms with van der Waals surface area (Å²) in [5, 5.41) is 0. The van der Waals surface area contributed by atoms with Crippen LogP contribution in [-0.2, 0) is 4.74 Å². The zero-order valence-electron chi connectivity index (χ0n) is 7.01. The van der Waals surface area contributed by atoms with Crippen LogP contribution in [0.15, 0.2) is 0 Å². The lowest BCUT2D eigenvalue weighted by atomic mass is 9.94. The van der Waals surface area contributed by atoms with Crippen molar-refractivity contribution in [3.63, 3.8) is 0 Å². The van der Waals surface area contributed by atoms with E-state index in [1.54, 1.807) is 0 Å². The maximum absolute atomic E-state index is 12.1. The molecule has 13 heavy (non-hydrogen) atoms. The Hall–Kier alpha value is -0.0000000000000000555. The number of ether oxygens (including phenoxy) is 1. The fraction of sp³-hybridized carbons (Fsp3) is 1.00. The monoisotopic (exact) mass is 219 g/mol. The topological polar surface area (TPSA) is 35.2 Å². The van der Waals surface area contributed by atoms with E-state index in [0.717, 1.165) is 0 Å². The van der Waals surface area contributed by atoms with Gasteiger partial charge in [0.15, 0.2) is 0 Å². The third kappa shape index (κ3) is 3.70. The van der Waals surface area contributed by atoms with Crippen LogP contribution in [0.25, 0.3) is 0 Å². The van der Waals surface area contributed by atoms with Crippen LogP contribution in [-0.4, -0.2) is 25.4 Å². The number of nitrogens with two attached hydrogens (primary N) is 1. The molecule has 0 aromatic rings. The predicted octanol–water partition coefficient (Wildman–Crippen LogP) is 1.72. The molecule has 1 aliphatic heterocycles. The van der Waals surface area contributed by atoms with Crippen LogP contribution in [0.3, 0.4) is 0 Å². The number of halogens is 4. The first kappa shape index (κ1) is 13.0. The molecule has 1 unspecified atom stereocenters. The standard InChI is InChI=1S/C7H12F3NO.ClH/c8-7(9,10)6(11)5-2-1-3-12-4-5;/h5-6H,1-4,11H2;1H/t5?,6-;/m0./s1. The Bertz CT molecular complexity index is 147. The molecule has 2 nitrogen and oxygen atoms in total. The second-order valence-corrected chi connectivity index (χ2v) is 3.04. The van der Waals surface area contributed by atoms with Crippen LogP contribution in [0, 0.1) is 5.92 Å². The van der Waals surface area contributed by atoms with Gasteiger partial charge in [-0.1, -0.05) is 0 Å². The predicted molar refractivity (Wildman–Crippen MR) is 44.8 cm³/mol. The maximum atomic E-state index is 12.1. The molecule has 1 saturated heterocycles. The van der Waals surface area contributed by atoms with Gasteiger partial charge in [-0.2, -0.15) is 13.2 Å². The van der Waals surface area contributed by atoms with Crippen molar-refractivity contribution in [3.8, 4) is 0 Å². The molecule has 1 heterocycles. The van der Waals surface area contributed by atoms with Gasteiger partial charge < -0.3 is 10.5 Å². The lowest BCUT2D eigenvalue weighted by molar-refractivity contribution is -0.167. The molecule has 0 saturated carbocycles. The van der Waals surface area contributed by atoms with Crippen molar-refractivity contribution in [1.29, 1.82) is 0 Å². The summed E-state index contributed by atoms with van der Waals surface area (Å²) in [7, 11) is 0. The third-order valence-electron chi connectivity index (χ3n) is 2.08. The summed E-state index contributed by atoms with van der Waals surface area (Å²) in [5.74, 6) is -0.557. The molecule has 80 valence electrons. The van der Waals surface area contributed by atoms with E-state index in [4.69, 9.17) is 10.5 Å². The van der Waals surface area contributed by atoms with Crippen LogP contribution in [0.1, 0.15) is 12.8 Å². The van der Waals surface area contributed by atoms with Crippen molar-refractivity contribution in [2.45, 2.75) is 25.1 Å². The molecule has 1 fully saturated rings. The Kier molecular flexibility index (Phi) is 5.02. The fourth-order valence-electron chi connectivity index (χ4n) is 1.32. The lowest BCUT2D eigenvalue weighted by Crippen LogP contribution is -2.46. The number of hydrogen-bond acceptors (Lipinski definition) is 2. The van der Waals surface area contributed by atoms with Crippen molar-refractivity contribution in [2.75, 3.05) is 13.2 Å². The van der Waals surface area contributed by atoms with Crippen LogP contribution in [0.5, 0.6) is 0 Å². The van der Waals surface area contributed by atoms with Gasteiger partial charge in [-0.05, 0) is 12.8 Å². The van der Waals surface area contributed by atoms with Gasteiger partial charge in [0.25, 0.3) is 0 Å². The van der Waals surface area contributed by atoms with Gasteiger partial charge in [0.1, 0.15) is 6.04 Å². The third-order valence-corrected chi connectivity index (χ3v) is 2.08. The summed E-state index contributed by atoms with van der Waals surface area (Å²) in [6.45, 7) is 0.696. The lowest BCUT2D eigenvalue weighted by Gasteiger charge is -2.28. The molecule has 0 aromatic carbocycles. The van der Waals surface area contributed by atoms with Crippen molar-refractivity contribution in [1.82, 2.24) is 0 Å². The molecule has 0 aliphatic carbocycles. The minimum Gasteiger partial charge on any atom is -0.381 e. The van der Waals surface area contributed by atoms with Crippen LogP contribution >= 0.6 is 12.4 Å². The molecular weight excluding hydrogens is 207 g/mol. The van der Waals surface area contributed by atoms with E-state index >= 15 is 0 Å². The SMILES string of the molecule is Cl.N[C@@H](C1CCCOC1)C(F)(F)F. The van der Waals surface area contributed by atoms with E-state index in [2.05, 4.69) is 0 Å². The van der Waals surface area contributed by atoms with Crippen LogP contribution in [0.2, 0.25) is 0 Å². The summed E-state index contributed by atoms with van der Waals surface area (Å²) >= 11 is 0. The molecule has 0 aromatic heterocycles. The number of rotatable bonds is 1. The Morgan fingerprint density at radius 2 is 2.00 bits per heavy atom. The van der Waals surface area contributed by atoms with Crippen LogP contribution < -0.4 is 5.73 Å². The normalized spacial score (nSPS) is 26.3. The first-order chi connectivity index (χ1) is 5.52. The van der Waals surface area contributed by atoms with Gasteiger partial charge in [0.05, 0.1) is 6.61 Å². The molecule has 0 radical (unpaired) electrons. The van der Waals surface area contributed by atoms with E-state index in [-0.39, 0.29) is 19.0 Å². The Morgan fingerprint density at radius 1 is 1.38 bits per heavy atom. The largest absolute Gasteiger partial charge is 0.403 e. The zero-order chi connectivity index (χ0) is 9.19. The van der Waals surface area contributed by atoms with E-state index in [1.165, 1.54) is 0 Å². The summed E-state index contributed by atoms with van der Waals surface area (Å²) < 4.78 is 41.1. The molecule has 1 rings (SSSR count). The first-order valence-corrected chi connectivity index (χ1v) is 3.92. The highest BCUT2D eigenvalue weighted by Crippen LogP contribution is 2.28. The summed E-state index contributed by atoms with van der Waals surface area (Å²) in [6, 6.07) is -1.72. The molecule has 2 atom stereocenters. The van der Waals surface area contributed by atoms with Crippen molar-refractivity contribution in [2.24, 2.45) is 11.7 Å². The average molecular weight is 220 g/mol. The van der Waals surface area contributed by atoms with Crippen LogP contribution in [0.4, 0.5) is 13.2 Å². The quantitative estimate of drug-likeness (QED) is 0.729. The summed E-state index contributed by atoms with van der Waals surface area (Å²) in [4.78, 5) is 0. The second kappa shape index (κ2) is 5.02. The zero-order valence-corrected chi connectivity index (χ0v) is 7.83. The Labute approximate surface area is 81.0 Å². The highest BCUT2D eigenvalue weighted by Gasteiger charge is 2.42. The Balaban J connectivity index is 0.00000144. The first-order valence-electron chi connectivity index (χ1n) is 3.92. The smallest absolute Gasteiger partial charge is 0.381 e. The molecular formula is C7H13ClF3NO. The number of hydrogen-bond donors (Lipinski definition) is 1. The highest BCUT2D eigenvalue weighted by atomic mass is 35.5. The van der Waals surface area contributed by atoms with Gasteiger partial charge in [0.2, 0.25) is 0 Å². The van der Waals surface area contributed by atoms with E-state index in [0.29, 0.717) is 19.4 Å². The van der Waals surface area contributed by atoms with Gasteiger partial charge in [-0.3, -0.25) is 0 Å². The summed E-state index contributed by atoms with van der Waals surface area (Å²) in [5.41, 5.74) is 5.02. The molecule has 0 amide bonds. The fourth-order valence-corrected chi connectivity index (χ4v) is 1.32. The average Bonchev–Trinajstić information content (AvgIpc) is 2.03. The van der Waals surface area contributed by atoms with Gasteiger partial charge in [0, 0.05) is 12.5 Å². The maximum Gasteiger partial charge on any atom is 0.403 e. The Morgan fingerprint density at radius 3 is 2.38 bits per heavy atom. The summed E-state index contributed by atoms with van der Waals surface area (Å²) in [6.07, 6.45) is -3.10. The van der Waals surface area contributed by atoms with Gasteiger partial charge in [-0.25, -0.2) is 0 Å². The van der Waals surface area contributed by atoms with Crippen molar-refractivity contribution < 1.29 is 17.9 Å².